The second-order valence-corrected chi connectivity index (χ2v) is 32.4. The molecule has 0 aromatic heterocycles. The van der Waals surface area contributed by atoms with Gasteiger partial charge in [0.25, 0.3) is 0 Å². The summed E-state index contributed by atoms with van der Waals surface area (Å²) in [6.07, 6.45) is -39.1. The Morgan fingerprint density at radius 1 is 0.333 bits per heavy atom. The molecule has 32 atom stereocenters. The van der Waals surface area contributed by atoms with Gasteiger partial charge in [-0.3, -0.25) is 76.7 Å². The molecule has 30 N–H and O–H groups in total. The largest absolute Gasteiger partial charge is 0.480 e. The van der Waals surface area contributed by atoms with Gasteiger partial charge in [0.15, 0.2) is 25.2 Å². The second kappa shape index (κ2) is 53.0. The van der Waals surface area contributed by atoms with Gasteiger partial charge in [-0.05, 0) is 54.4 Å². The number of hydrogen-bond donors (Lipinski definition) is 28. The number of nitrogens with one attached hydrogen (secondary N) is 12. The number of amides is 12. The summed E-state index contributed by atoms with van der Waals surface area (Å²) in [6.45, 7) is 5.57. The van der Waals surface area contributed by atoms with Crippen molar-refractivity contribution in [2.45, 2.75) is 290 Å². The van der Waals surface area contributed by atoms with Crippen molar-refractivity contribution < 1.29 is 200 Å². The summed E-state index contributed by atoms with van der Waals surface area (Å²) in [5.74, 6) is -23.1. The molecule has 0 saturated carbocycles. The molecule has 4 aliphatic rings. The van der Waals surface area contributed by atoms with Crippen LogP contribution in [0.3, 0.4) is 0 Å². The van der Waals surface area contributed by atoms with Crippen molar-refractivity contribution in [2.75, 3.05) is 49.4 Å². The maximum absolute atomic E-state index is 14.4. The zero-order valence-corrected chi connectivity index (χ0v) is 72.8. The van der Waals surface area contributed by atoms with E-state index in [-0.39, 0.29) is 23.0 Å². The van der Waals surface area contributed by atoms with Crippen molar-refractivity contribution >= 4 is 130 Å². The van der Waals surface area contributed by atoms with E-state index in [9.17, 15) is 153 Å². The molecule has 4 saturated heterocycles. The van der Waals surface area contributed by atoms with Gasteiger partial charge in [-0.2, -0.15) is 23.5 Å². The molecule has 0 aromatic rings. The number of hydrogen-bond acceptors (Lipinski definition) is 39. The number of rotatable bonds is 52. The molecular weight excluding hydrogens is 1780 g/mol. The predicted molar refractivity (Wildman–Crippen MR) is 430 cm³/mol. The quantitative estimate of drug-likeness (QED) is 0.0269. The van der Waals surface area contributed by atoms with E-state index in [0.29, 0.717) is 0 Å². The standard InChI is InChI=1S/C72H116N14O41S2/c1-23(57(100)85-35(67(114)115)11-13-43(95)83-37(21-128-19-33(73)65(110)111)61(104)77-25(3)63(106)107)75-59(102)27(5)119-55-47(81-31(9)93)69(118)121-41(17-89)53(55)126-71-46(80-30(8)92)51(99)52(40(16-88)123-71)125-72-48(82-32(10)94)56(54(42(18-90)124-72)127-70-45(79-29(7)91)50(98)49(97)39(15-87)122-70)120-28(6)60(103)76-24(2)58(101)86-36(68(116)117)12-14-44(96)84-38(22-129-20-34(74)66(112)113)62(105)78-26(4)64(108)109/h23-28,33-42,45-56,69-72,87-90,97-99,118H,11-22,73-74H2,1-10H3,(H,75,102)(H,76,103)(H,77,104)(H,78,105)(H,79,91)(H,80,92)(H,81,93)(H,82,94)(H,83,95)(H,84,96)(H,85,100)(H,86,101)(H,106,107)(H,108,109)(H,110,111)(H,112,113)(H,114,115)(H,116,117). The van der Waals surface area contributed by atoms with E-state index < -0.39 is 354 Å². The zero-order valence-electron chi connectivity index (χ0n) is 71.2. The summed E-state index contributed by atoms with van der Waals surface area (Å²) in [6, 6.07) is -23.7. The van der Waals surface area contributed by atoms with Crippen molar-refractivity contribution in [3.8, 4) is 0 Å². The van der Waals surface area contributed by atoms with Gasteiger partial charge >= 0.3 is 35.8 Å². The Morgan fingerprint density at radius 3 is 1.01 bits per heavy atom. The van der Waals surface area contributed by atoms with E-state index in [1.807, 2.05) is 0 Å². The Morgan fingerprint density at radius 2 is 0.651 bits per heavy atom. The van der Waals surface area contributed by atoms with E-state index >= 15 is 0 Å². The van der Waals surface area contributed by atoms with Gasteiger partial charge in [-0.25, -0.2) is 9.59 Å². The molecule has 732 valence electrons. The summed E-state index contributed by atoms with van der Waals surface area (Å²) in [4.78, 5) is 231. The summed E-state index contributed by atoms with van der Waals surface area (Å²) in [5, 5.41) is 174. The van der Waals surface area contributed by atoms with Crippen LogP contribution in [0.25, 0.3) is 0 Å². The average molecular weight is 1900 g/mol. The molecule has 0 aromatic carbocycles. The molecule has 12 amide bonds. The maximum Gasteiger partial charge on any atom is 0.326 e. The molecule has 0 spiro atoms. The van der Waals surface area contributed by atoms with Crippen molar-refractivity contribution in [1.82, 2.24) is 63.8 Å². The molecule has 0 aliphatic carbocycles. The normalized spacial score (nSPS) is 28.4. The highest BCUT2D eigenvalue weighted by Crippen LogP contribution is 2.37. The van der Waals surface area contributed by atoms with Crippen LogP contribution in [0.5, 0.6) is 0 Å². The number of ether oxygens (including phenoxy) is 9. The highest BCUT2D eigenvalue weighted by molar-refractivity contribution is 7.99. The lowest BCUT2D eigenvalue weighted by Crippen LogP contribution is -2.72. The van der Waals surface area contributed by atoms with Crippen LogP contribution in [-0.4, -0.2) is 423 Å². The number of aliphatic hydroxyl groups is 8. The van der Waals surface area contributed by atoms with E-state index in [0.717, 1.165) is 92.8 Å². The van der Waals surface area contributed by atoms with Gasteiger partial charge in [-0.1, -0.05) is 0 Å². The first-order valence-electron chi connectivity index (χ1n) is 39.9. The third-order valence-corrected chi connectivity index (χ3v) is 22.2. The summed E-state index contributed by atoms with van der Waals surface area (Å²) < 4.78 is 55.5. The second-order valence-electron chi connectivity index (χ2n) is 30.3. The minimum absolute atomic E-state index is 0.263. The molecule has 4 heterocycles. The minimum Gasteiger partial charge on any atom is -0.480 e. The van der Waals surface area contributed by atoms with Crippen LogP contribution in [-0.2, 0) is 129 Å². The third-order valence-electron chi connectivity index (χ3n) is 19.8. The topological polar surface area (TPSA) is 870 Å². The van der Waals surface area contributed by atoms with Crippen LogP contribution in [0, 0.1) is 0 Å². The number of carboxylic acids is 6. The van der Waals surface area contributed by atoms with E-state index in [2.05, 4.69) is 63.8 Å². The van der Waals surface area contributed by atoms with Crippen molar-refractivity contribution in [1.29, 1.82) is 0 Å². The highest BCUT2D eigenvalue weighted by atomic mass is 32.2. The molecule has 129 heavy (non-hydrogen) atoms. The van der Waals surface area contributed by atoms with Crippen LogP contribution in [0.15, 0.2) is 0 Å². The lowest BCUT2D eigenvalue weighted by molar-refractivity contribution is -0.365. The van der Waals surface area contributed by atoms with Gasteiger partial charge in [0.1, 0.15) is 170 Å². The van der Waals surface area contributed by atoms with Crippen LogP contribution in [0.2, 0.25) is 0 Å². The average Bonchev–Trinajstić information content (AvgIpc) is 0.785. The van der Waals surface area contributed by atoms with E-state index in [1.165, 1.54) is 0 Å². The third kappa shape index (κ3) is 34.3. The molecule has 57 heteroatoms. The van der Waals surface area contributed by atoms with Crippen LogP contribution in [0.4, 0.5) is 0 Å². The number of carboxylic acid groups (broad SMARTS) is 6. The van der Waals surface area contributed by atoms with E-state index in [4.69, 9.17) is 59.2 Å². The van der Waals surface area contributed by atoms with Crippen LogP contribution in [0.1, 0.15) is 94.9 Å². The number of nitrogens with two attached hydrogens (primary N) is 2. The lowest BCUT2D eigenvalue weighted by Gasteiger charge is -2.52. The fraction of sp³-hybridized carbons (Fsp3) is 0.750. The van der Waals surface area contributed by atoms with Crippen molar-refractivity contribution in [3.05, 3.63) is 0 Å². The first kappa shape index (κ1) is 112. The van der Waals surface area contributed by atoms with Gasteiger partial charge in [-0.15, -0.1) is 0 Å². The number of carbonyl (C=O) groups is 18. The van der Waals surface area contributed by atoms with Crippen LogP contribution < -0.4 is 75.3 Å². The Labute approximate surface area is 742 Å². The maximum atomic E-state index is 14.4. The molecule has 32 unspecified atom stereocenters. The first-order chi connectivity index (χ1) is 60.3. The van der Waals surface area contributed by atoms with Crippen molar-refractivity contribution in [2.24, 2.45) is 11.5 Å². The van der Waals surface area contributed by atoms with Gasteiger partial charge < -0.3 is 189 Å². The van der Waals surface area contributed by atoms with Crippen LogP contribution >= 0.6 is 23.5 Å². The molecule has 4 rings (SSSR count). The predicted octanol–water partition coefficient (Wildman–Crippen LogP) is -14.2. The van der Waals surface area contributed by atoms with Gasteiger partial charge in [0, 0.05) is 63.5 Å². The number of thioether (sulfide) groups is 2. The summed E-state index contributed by atoms with van der Waals surface area (Å²) in [7, 11) is 0. The Hall–Kier alpha value is -9.60. The van der Waals surface area contributed by atoms with Gasteiger partial charge in [0.2, 0.25) is 70.9 Å². The number of carbonyl (C=O) groups excluding carboxylic acids is 12. The molecule has 4 fully saturated rings. The molecule has 55 nitrogen and oxygen atoms in total. The molecular formula is C72H116N14O41S2. The molecule has 0 radical (unpaired) electrons. The number of aliphatic carboxylic acids is 6. The monoisotopic (exact) mass is 1900 g/mol. The summed E-state index contributed by atoms with van der Waals surface area (Å²) >= 11 is 1.59. The minimum atomic E-state index is -2.30. The Bertz CT molecular complexity index is 3890. The lowest BCUT2D eigenvalue weighted by atomic mass is 9.92. The SMILES string of the molecule is CC(=O)NC1C(OC2C(CO)OC(OC3C(CO)OC(OC4C(CO)OC(O)C(NC(C)=O)C4OC(C)C(=O)NC(C)C(=O)NC(CCC(=O)NC(CSCC(N)C(=O)O)C(=O)NC(C)C(=O)O)C(=O)O)C(NC(C)=O)C3O)C(NC(C)=O)C2OC(C)C(=O)NC(C)C(=O)NC(CCC(=O)NC(CSCC(N)C(=O)O)C(=O)NC(C)C(=O)O)C(=O)O)OC(CO)C(O)C1O. The van der Waals surface area contributed by atoms with Gasteiger partial charge in [0.05, 0.1) is 26.4 Å². The molecule has 4 aliphatic heterocycles. The Kier molecular flexibility index (Phi) is 45.9. The zero-order chi connectivity index (χ0) is 97.6. The molecule has 0 bridgehead atoms. The summed E-state index contributed by atoms with van der Waals surface area (Å²) in [5.41, 5.74) is 11.1. The fourth-order valence-corrected chi connectivity index (χ4v) is 14.9. The fourth-order valence-electron chi connectivity index (χ4n) is 12.9. The highest BCUT2D eigenvalue weighted by Gasteiger charge is 2.58. The van der Waals surface area contributed by atoms with Crippen molar-refractivity contribution in [3.63, 3.8) is 0 Å². The number of aliphatic hydroxyl groups excluding tert-OH is 8. The smallest absolute Gasteiger partial charge is 0.326 e. The Balaban J connectivity index is 1.69. The van der Waals surface area contributed by atoms with E-state index in [1.54, 1.807) is 0 Å². The first-order valence-corrected chi connectivity index (χ1v) is 42.2.